The van der Waals surface area contributed by atoms with Gasteiger partial charge in [0.25, 0.3) is 0 Å². The monoisotopic (exact) mass is 905 g/mol. The van der Waals surface area contributed by atoms with Gasteiger partial charge in [-0.3, -0.25) is 4.79 Å². The van der Waals surface area contributed by atoms with E-state index in [9.17, 15) is 9.90 Å². The van der Waals surface area contributed by atoms with Gasteiger partial charge in [-0.05, 0) is 122 Å². The molecule has 4 aromatic rings. The van der Waals surface area contributed by atoms with Gasteiger partial charge in [-0.2, -0.15) is 0 Å². The summed E-state index contributed by atoms with van der Waals surface area (Å²) in [5.74, 6) is 0.547. The van der Waals surface area contributed by atoms with Crippen molar-refractivity contribution in [2.24, 2.45) is 11.8 Å². The second-order valence-electron chi connectivity index (χ2n) is 18.8. The van der Waals surface area contributed by atoms with Gasteiger partial charge in [-0.1, -0.05) is 115 Å². The minimum Gasteiger partial charge on any atom is -0.512 e. The predicted octanol–water partition coefficient (Wildman–Crippen LogP) is 13.8. The molecule has 0 bridgehead atoms. The molecule has 0 atom stereocenters. The number of carbonyl (C=O) groups is 1. The van der Waals surface area contributed by atoms with Gasteiger partial charge in [0.05, 0.1) is 5.76 Å². The molecular weight excluding hydrogens is 839 g/mol. The smallest absolute Gasteiger partial charge is 0.162 e. The van der Waals surface area contributed by atoms with Crippen molar-refractivity contribution in [1.82, 2.24) is 4.98 Å². The number of fused-ring (bicyclic) bond motifs is 3. The number of allylic oxidation sites excluding steroid dienone is 2. The Balaban J connectivity index is 0.000000347. The zero-order valence-electron chi connectivity index (χ0n) is 35.7. The number of carbonyl (C=O) groups excluding carboxylic acids is 1. The van der Waals surface area contributed by atoms with Gasteiger partial charge in [0.2, 0.25) is 0 Å². The summed E-state index contributed by atoms with van der Waals surface area (Å²) < 4.78 is 0. The van der Waals surface area contributed by atoms with Gasteiger partial charge in [-0.15, -0.1) is 34.9 Å². The first-order valence-electron chi connectivity index (χ1n) is 20.3. The molecule has 2 aliphatic rings. The topological polar surface area (TPSA) is 50.2 Å². The zero-order valence-corrected chi connectivity index (χ0v) is 38.1. The van der Waals surface area contributed by atoms with Crippen molar-refractivity contribution in [3.8, 4) is 22.4 Å². The number of aliphatic hydroxyl groups excluding tert-OH is 1. The van der Waals surface area contributed by atoms with Gasteiger partial charge in [-0.25, -0.2) is 0 Å². The molecule has 2 aliphatic carbocycles. The second-order valence-corrected chi connectivity index (χ2v) is 18.8. The van der Waals surface area contributed by atoms with Crippen LogP contribution in [0.15, 0.2) is 60.5 Å². The number of hydrogen-bond donors (Lipinski definition) is 1. The van der Waals surface area contributed by atoms with E-state index < -0.39 is 0 Å². The second kappa shape index (κ2) is 16.2. The van der Waals surface area contributed by atoms with Crippen molar-refractivity contribution in [2.75, 3.05) is 0 Å². The van der Waals surface area contributed by atoms with Crippen LogP contribution in [0.1, 0.15) is 155 Å². The van der Waals surface area contributed by atoms with Crippen LogP contribution >= 0.6 is 0 Å². The third-order valence-corrected chi connectivity index (χ3v) is 12.4. The molecule has 1 N–H and O–H groups in total. The van der Waals surface area contributed by atoms with Crippen molar-refractivity contribution in [2.45, 2.75) is 157 Å². The molecular formula is C50H66IrNO2-. The minimum atomic E-state index is 0. The molecule has 0 amide bonds. The van der Waals surface area contributed by atoms with E-state index in [4.69, 9.17) is 4.98 Å². The van der Waals surface area contributed by atoms with Crippen molar-refractivity contribution < 1.29 is 30.0 Å². The number of rotatable bonds is 9. The quantitative estimate of drug-likeness (QED) is 0.103. The first kappa shape index (κ1) is 43.7. The van der Waals surface area contributed by atoms with E-state index in [0.29, 0.717) is 0 Å². The number of ketones is 1. The first-order valence-corrected chi connectivity index (χ1v) is 20.3. The predicted molar refractivity (Wildman–Crippen MR) is 226 cm³/mol. The van der Waals surface area contributed by atoms with Crippen molar-refractivity contribution in [3.05, 3.63) is 99.9 Å². The molecule has 6 rings (SSSR count). The van der Waals surface area contributed by atoms with E-state index >= 15 is 0 Å². The van der Waals surface area contributed by atoms with Crippen molar-refractivity contribution >= 4 is 16.6 Å². The molecule has 0 unspecified atom stereocenters. The third kappa shape index (κ3) is 8.36. The van der Waals surface area contributed by atoms with Gasteiger partial charge >= 0.3 is 0 Å². The van der Waals surface area contributed by atoms with Crippen LogP contribution in [0, 0.1) is 31.7 Å². The summed E-state index contributed by atoms with van der Waals surface area (Å²) in [6, 6.07) is 19.8. The van der Waals surface area contributed by atoms with E-state index in [1.807, 2.05) is 33.9 Å². The first-order chi connectivity index (χ1) is 24.7. The Bertz CT molecular complexity index is 1970. The Morgan fingerprint density at radius 2 is 1.30 bits per heavy atom. The Labute approximate surface area is 341 Å². The van der Waals surface area contributed by atoms with Crippen LogP contribution in [-0.2, 0) is 46.6 Å². The average Bonchev–Trinajstić information content (AvgIpc) is 3.38. The van der Waals surface area contributed by atoms with Gasteiger partial charge < -0.3 is 10.1 Å². The minimum absolute atomic E-state index is 0. The average molecular weight is 905 g/mol. The molecule has 0 saturated carbocycles. The van der Waals surface area contributed by atoms with Crippen LogP contribution in [0.2, 0.25) is 0 Å². The molecule has 1 heterocycles. The fourth-order valence-electron chi connectivity index (χ4n) is 10.4. The molecule has 0 saturated heterocycles. The fourth-order valence-corrected chi connectivity index (χ4v) is 10.4. The van der Waals surface area contributed by atoms with Gasteiger partial charge in [0.1, 0.15) is 0 Å². The molecule has 1 aromatic heterocycles. The summed E-state index contributed by atoms with van der Waals surface area (Å²) in [6.45, 7) is 32.0. The Hall–Kier alpha value is -3.07. The number of benzene rings is 3. The summed E-state index contributed by atoms with van der Waals surface area (Å²) in [7, 11) is 0. The van der Waals surface area contributed by atoms with Crippen LogP contribution in [0.25, 0.3) is 33.2 Å². The number of hydrogen-bond acceptors (Lipinski definition) is 3. The summed E-state index contributed by atoms with van der Waals surface area (Å²) in [5, 5.41) is 12.2. The number of aliphatic hydroxyl groups is 1. The summed E-state index contributed by atoms with van der Waals surface area (Å²) >= 11 is 0. The van der Waals surface area contributed by atoms with Crippen LogP contribution < -0.4 is 0 Å². The van der Waals surface area contributed by atoms with E-state index in [1.54, 1.807) is 22.3 Å². The molecule has 1 radical (unpaired) electrons. The van der Waals surface area contributed by atoms with Crippen molar-refractivity contribution in [1.29, 1.82) is 0 Å². The SMILES string of the molecule is CCC(CC)C(=O)/C=C(\O)C(CC)CC.Cc1[c-]c(-c2nccc3cc(-c4c5c(cc6c4C(C)(C)CC6(C)C)C(C)(C)CC5(C)C)ccc23)cc(C)c1.[Ir]. The van der Waals surface area contributed by atoms with Crippen LogP contribution in [0.5, 0.6) is 0 Å². The summed E-state index contributed by atoms with van der Waals surface area (Å²) in [4.78, 5) is 16.5. The molecule has 54 heavy (non-hydrogen) atoms. The maximum absolute atomic E-state index is 11.7. The largest absolute Gasteiger partial charge is 0.512 e. The maximum Gasteiger partial charge on any atom is 0.162 e. The summed E-state index contributed by atoms with van der Waals surface area (Å²) in [6.07, 6.45) is 9.23. The number of pyridine rings is 1. The van der Waals surface area contributed by atoms with E-state index in [-0.39, 0.29) is 65.1 Å². The third-order valence-electron chi connectivity index (χ3n) is 12.4. The Morgan fingerprint density at radius 1 is 0.759 bits per heavy atom. The van der Waals surface area contributed by atoms with Gasteiger partial charge in [0.15, 0.2) is 5.78 Å². The molecule has 0 fully saturated rings. The standard InChI is InChI=1S/C37H42N.C13H24O2.Ir/c1-22-15-23(2)17-26(16-22)33-27-12-11-25(18-24(27)13-14-38-33)30-31-28(34(3,4)20-36(31,7)8)19-29-32(30)37(9,10)21-35(29,5)6;1-5-10(6-2)12(14)9-13(15)11(7-3)8-4;/h11-16,18-19H,20-21H2,1-10H3;9-11,14H,5-8H2,1-4H3;/q-1;;/b;12-9-;. The van der Waals surface area contributed by atoms with Gasteiger partial charge in [0, 0.05) is 44.2 Å². The number of aryl methyl sites for hydroxylation is 2. The van der Waals surface area contributed by atoms with Crippen molar-refractivity contribution in [3.63, 3.8) is 0 Å². The number of aromatic nitrogens is 1. The number of nitrogens with zero attached hydrogens (tertiary/aromatic N) is 1. The maximum atomic E-state index is 11.7. The van der Waals surface area contributed by atoms with E-state index in [0.717, 1.165) is 42.5 Å². The van der Waals surface area contributed by atoms with Crippen LogP contribution in [0.4, 0.5) is 0 Å². The summed E-state index contributed by atoms with van der Waals surface area (Å²) in [5.41, 5.74) is 14.2. The molecule has 0 aliphatic heterocycles. The Morgan fingerprint density at radius 3 is 1.80 bits per heavy atom. The van der Waals surface area contributed by atoms with E-state index in [2.05, 4.69) is 118 Å². The molecule has 3 aromatic carbocycles. The zero-order chi connectivity index (χ0) is 39.3. The molecule has 4 heteroatoms. The van der Waals surface area contributed by atoms with Crippen LogP contribution in [-0.4, -0.2) is 15.9 Å². The van der Waals surface area contributed by atoms with E-state index in [1.165, 1.54) is 46.4 Å². The molecule has 0 spiro atoms. The Kier molecular flexibility index (Phi) is 13.1. The molecule has 3 nitrogen and oxygen atoms in total. The van der Waals surface area contributed by atoms with Crippen LogP contribution in [0.3, 0.4) is 0 Å². The molecule has 293 valence electrons. The normalized spacial score (nSPS) is 17.5. The fraction of sp³-hybridized carbons (Fsp3) is 0.520.